The molecule has 0 atom stereocenters. The minimum Gasteiger partial charge on any atom is -0.472 e. The molecule has 0 spiro atoms. The van der Waals surface area contributed by atoms with Crippen molar-refractivity contribution in [2.24, 2.45) is 23.7 Å². The molecule has 0 aromatic rings. The van der Waals surface area contributed by atoms with Gasteiger partial charge in [-0.2, -0.15) is 0 Å². The van der Waals surface area contributed by atoms with Gasteiger partial charge < -0.3 is 23.7 Å². The lowest BCUT2D eigenvalue weighted by Gasteiger charge is -2.34. The second kappa shape index (κ2) is 30.6. The van der Waals surface area contributed by atoms with E-state index in [1.807, 2.05) is 27.7 Å². The Bertz CT molecular complexity index is 746. The average molecular weight is 659 g/mol. The number of hydrogen-bond acceptors (Lipinski definition) is 7. The molecule has 3 rings (SSSR count). The summed E-state index contributed by atoms with van der Waals surface area (Å²) in [6.45, 7) is 15.0. The standard InChI is InChI=1S/C16H28.C11H20O4.C7H12O3.C2H6.3CH4/c1-2-8-13(7-1)16(14-9-3-4-10-14)15-11-5-6-12-15;1-9(12)6-10(2)14-8-15-11(3,4)7-13-5;1-6(8)4-7(2)10-5-9-3;1-2;;;/h13-16H,1-12H2;6H,7-8H2,1-5H3;4H,5H2,1-3H3;1-2H3;3*1H4/b;10-6-;7-4-;;;;. The summed E-state index contributed by atoms with van der Waals surface area (Å²) in [5.41, 5.74) is -0.384. The van der Waals surface area contributed by atoms with E-state index in [-0.39, 0.29) is 53.0 Å². The maximum atomic E-state index is 10.7. The highest BCUT2D eigenvalue weighted by molar-refractivity contribution is 5.87. The number of hydrogen-bond donors (Lipinski definition) is 0. The summed E-state index contributed by atoms with van der Waals surface area (Å²) in [5.74, 6) is 5.67. The van der Waals surface area contributed by atoms with Gasteiger partial charge in [0.1, 0.15) is 0 Å². The van der Waals surface area contributed by atoms with Crippen molar-refractivity contribution in [1.82, 2.24) is 0 Å². The minimum atomic E-state index is -0.384. The maximum absolute atomic E-state index is 10.7. The fourth-order valence-corrected chi connectivity index (χ4v) is 6.66. The van der Waals surface area contributed by atoms with Crippen LogP contribution >= 0.6 is 0 Å². The second-order valence-electron chi connectivity index (χ2n) is 12.6. The van der Waals surface area contributed by atoms with Gasteiger partial charge in [-0.3, -0.25) is 9.59 Å². The maximum Gasteiger partial charge on any atom is 0.189 e. The Morgan fingerprint density at radius 1 is 0.630 bits per heavy atom. The normalized spacial score (nSPS) is 17.1. The van der Waals surface area contributed by atoms with E-state index in [4.69, 9.17) is 18.9 Å². The van der Waals surface area contributed by atoms with Crippen molar-refractivity contribution in [3.8, 4) is 0 Å². The molecule has 0 radical (unpaired) electrons. The van der Waals surface area contributed by atoms with Crippen molar-refractivity contribution in [2.45, 2.75) is 160 Å². The van der Waals surface area contributed by atoms with Gasteiger partial charge in [-0.15, -0.1) is 0 Å². The van der Waals surface area contributed by atoms with Gasteiger partial charge in [-0.25, -0.2) is 0 Å². The number of ketones is 2. The molecule has 0 aliphatic heterocycles. The fraction of sp³-hybridized carbons (Fsp3) is 0.846. The zero-order valence-electron chi connectivity index (χ0n) is 29.4. The molecule has 3 fully saturated rings. The molecule has 0 amide bonds. The van der Waals surface area contributed by atoms with E-state index in [1.54, 1.807) is 98.0 Å². The molecule has 7 heteroatoms. The smallest absolute Gasteiger partial charge is 0.189 e. The first kappa shape index (κ1) is 51.1. The van der Waals surface area contributed by atoms with Crippen molar-refractivity contribution in [2.75, 3.05) is 34.4 Å². The van der Waals surface area contributed by atoms with Gasteiger partial charge in [0.05, 0.1) is 23.7 Å². The highest BCUT2D eigenvalue weighted by atomic mass is 16.7. The third-order valence-corrected chi connectivity index (χ3v) is 8.28. The summed E-state index contributed by atoms with van der Waals surface area (Å²) in [5, 5.41) is 0. The molecule has 0 bridgehead atoms. The van der Waals surface area contributed by atoms with Crippen molar-refractivity contribution >= 4 is 11.6 Å². The van der Waals surface area contributed by atoms with Crippen LogP contribution in [0.3, 0.4) is 0 Å². The van der Waals surface area contributed by atoms with Crippen LogP contribution in [-0.2, 0) is 33.3 Å². The average Bonchev–Trinajstić information content (AvgIpc) is 3.74. The summed E-state index contributed by atoms with van der Waals surface area (Å²) in [4.78, 5) is 21.1. The molecule has 0 saturated heterocycles. The third-order valence-electron chi connectivity index (χ3n) is 8.28. The Balaban J connectivity index is -0.000000278. The topological polar surface area (TPSA) is 80.3 Å². The molecule has 0 aromatic heterocycles. The van der Waals surface area contributed by atoms with E-state index < -0.39 is 0 Å². The van der Waals surface area contributed by atoms with Crippen LogP contribution in [0.15, 0.2) is 23.7 Å². The summed E-state index contributed by atoms with van der Waals surface area (Å²) in [7, 11) is 3.15. The Hall–Kier alpha value is -1.70. The van der Waals surface area contributed by atoms with Gasteiger partial charge in [-0.1, -0.05) is 113 Å². The minimum absolute atomic E-state index is 0. The first-order valence-electron chi connectivity index (χ1n) is 16.7. The Labute approximate surface area is 286 Å². The van der Waals surface area contributed by atoms with Gasteiger partial charge >= 0.3 is 0 Å². The molecule has 0 heterocycles. The van der Waals surface area contributed by atoms with Crippen molar-refractivity contribution in [1.29, 1.82) is 0 Å². The Morgan fingerprint density at radius 3 is 1.24 bits per heavy atom. The Kier molecular flexibility index (Phi) is 34.0. The van der Waals surface area contributed by atoms with Crippen LogP contribution in [0, 0.1) is 23.7 Å². The number of carbonyl (C=O) groups is 2. The van der Waals surface area contributed by atoms with E-state index in [0.717, 1.165) is 23.7 Å². The summed E-state index contributed by atoms with van der Waals surface area (Å²) in [6.07, 6.45) is 21.6. The molecule has 3 saturated carbocycles. The molecule has 7 nitrogen and oxygen atoms in total. The van der Waals surface area contributed by atoms with Crippen LogP contribution in [0.5, 0.6) is 0 Å². The van der Waals surface area contributed by atoms with E-state index >= 15 is 0 Å². The lowest BCUT2D eigenvalue weighted by atomic mass is 9.71. The zero-order chi connectivity index (χ0) is 32.7. The number of carbonyl (C=O) groups excluding carboxylic acids is 2. The summed E-state index contributed by atoms with van der Waals surface area (Å²) in [6, 6.07) is 0. The van der Waals surface area contributed by atoms with Gasteiger partial charge in [0.15, 0.2) is 25.2 Å². The summed E-state index contributed by atoms with van der Waals surface area (Å²) >= 11 is 0. The molecule has 0 unspecified atom stereocenters. The highest BCUT2D eigenvalue weighted by Gasteiger charge is 2.38. The van der Waals surface area contributed by atoms with E-state index in [1.165, 1.54) is 33.1 Å². The van der Waals surface area contributed by atoms with E-state index in [0.29, 0.717) is 18.1 Å². The highest BCUT2D eigenvalue weighted by Crippen LogP contribution is 2.49. The number of ether oxygens (including phenoxy) is 5. The lowest BCUT2D eigenvalue weighted by Crippen LogP contribution is -2.31. The molecule has 276 valence electrons. The largest absolute Gasteiger partial charge is 0.472 e. The molecular formula is C39H78O7. The zero-order valence-corrected chi connectivity index (χ0v) is 29.4. The Morgan fingerprint density at radius 2 is 0.957 bits per heavy atom. The van der Waals surface area contributed by atoms with Gasteiger partial charge in [0, 0.05) is 26.4 Å². The van der Waals surface area contributed by atoms with Crippen LogP contribution in [0.1, 0.15) is 155 Å². The quantitative estimate of drug-likeness (QED) is 0.104. The van der Waals surface area contributed by atoms with E-state index in [9.17, 15) is 9.59 Å². The molecule has 46 heavy (non-hydrogen) atoms. The molecule has 0 N–H and O–H groups in total. The van der Waals surface area contributed by atoms with Crippen LogP contribution in [0.4, 0.5) is 0 Å². The van der Waals surface area contributed by atoms with Crippen LogP contribution in [-0.4, -0.2) is 51.6 Å². The summed E-state index contributed by atoms with van der Waals surface area (Å²) < 4.78 is 25.1. The lowest BCUT2D eigenvalue weighted by molar-refractivity contribution is -0.132. The molecular weight excluding hydrogens is 580 g/mol. The first-order chi connectivity index (χ1) is 20.5. The van der Waals surface area contributed by atoms with Gasteiger partial charge in [-0.05, 0) is 65.2 Å². The van der Waals surface area contributed by atoms with Crippen molar-refractivity contribution in [3.05, 3.63) is 23.7 Å². The SMILES string of the molecule is C.C.C.C1CCC(C(C2CCCC2)C2CCCC2)C1.CC.COCC(C)(C)OCO/C(C)=C\C(C)=O.COCO/C(C)=C\C(C)=O. The molecule has 3 aliphatic rings. The van der Waals surface area contributed by atoms with Crippen molar-refractivity contribution < 1.29 is 33.3 Å². The monoisotopic (exact) mass is 659 g/mol. The van der Waals surface area contributed by atoms with Gasteiger partial charge in [0.2, 0.25) is 0 Å². The predicted octanol–water partition coefficient (Wildman–Crippen LogP) is 11.1. The number of methoxy groups -OCH3 is 2. The molecule has 0 aromatic carbocycles. The van der Waals surface area contributed by atoms with Crippen molar-refractivity contribution in [3.63, 3.8) is 0 Å². The third kappa shape index (κ3) is 24.5. The van der Waals surface area contributed by atoms with Crippen LogP contribution in [0.25, 0.3) is 0 Å². The molecule has 3 aliphatic carbocycles. The first-order valence-corrected chi connectivity index (χ1v) is 16.7. The second-order valence-corrected chi connectivity index (χ2v) is 12.6. The number of rotatable bonds is 14. The number of allylic oxidation sites excluding steroid dienone is 4. The van der Waals surface area contributed by atoms with Crippen LogP contribution in [0.2, 0.25) is 0 Å². The predicted molar refractivity (Wildman–Crippen MR) is 196 cm³/mol. The van der Waals surface area contributed by atoms with Gasteiger partial charge in [0.25, 0.3) is 0 Å². The fourth-order valence-electron chi connectivity index (χ4n) is 6.66. The van der Waals surface area contributed by atoms with E-state index in [2.05, 4.69) is 4.74 Å². The van der Waals surface area contributed by atoms with Crippen LogP contribution < -0.4 is 0 Å².